The van der Waals surface area contributed by atoms with E-state index >= 15 is 0 Å². The number of pyridine rings is 1. The Labute approximate surface area is 204 Å². The first-order valence-electron chi connectivity index (χ1n) is 11.0. The third-order valence-corrected chi connectivity index (χ3v) is 5.71. The molecule has 0 aliphatic carbocycles. The number of anilines is 2. The summed E-state index contributed by atoms with van der Waals surface area (Å²) in [4.78, 5) is 4.84. The number of aryl methyl sites for hydroxylation is 2. The van der Waals surface area contributed by atoms with E-state index in [0.29, 0.717) is 28.3 Å². The third kappa shape index (κ3) is 4.72. The maximum absolute atomic E-state index is 13.6. The first kappa shape index (κ1) is 23.3. The number of hydrogen-bond donors (Lipinski definition) is 1. The lowest BCUT2D eigenvalue weighted by atomic mass is 10.0. The van der Waals surface area contributed by atoms with Gasteiger partial charge in [0.05, 0.1) is 22.3 Å². The fourth-order valence-corrected chi connectivity index (χ4v) is 4.14. The molecule has 36 heavy (non-hydrogen) atoms. The third-order valence-electron chi connectivity index (χ3n) is 5.71. The highest BCUT2D eigenvalue weighted by atomic mass is 19.4. The van der Waals surface area contributed by atoms with Gasteiger partial charge in [-0.1, -0.05) is 42.5 Å². The van der Waals surface area contributed by atoms with E-state index in [1.165, 1.54) is 42.5 Å². The summed E-state index contributed by atoms with van der Waals surface area (Å²) >= 11 is 0. The van der Waals surface area contributed by atoms with E-state index in [1.54, 1.807) is 4.68 Å². The highest BCUT2D eigenvalue weighted by molar-refractivity contribution is 5.97. The van der Waals surface area contributed by atoms with Crippen molar-refractivity contribution in [2.45, 2.75) is 13.3 Å². The van der Waals surface area contributed by atoms with E-state index < -0.39 is 12.2 Å². The molecule has 9 heteroatoms. The van der Waals surface area contributed by atoms with Gasteiger partial charge in [-0.15, -0.1) is 13.2 Å². The molecule has 2 aromatic heterocycles. The molecule has 5 aromatic rings. The summed E-state index contributed by atoms with van der Waals surface area (Å²) in [7, 11) is 1.83. The Bertz CT molecular complexity index is 1540. The monoisotopic (exact) mass is 492 g/mol. The Morgan fingerprint density at radius 3 is 2.31 bits per heavy atom. The molecule has 0 aliphatic rings. The van der Waals surface area contributed by atoms with Crippen LogP contribution in [0.1, 0.15) is 5.69 Å². The number of ether oxygens (including phenoxy) is 1. The van der Waals surface area contributed by atoms with Crippen molar-refractivity contribution in [2.75, 3.05) is 5.32 Å². The Balaban J connectivity index is 1.67. The summed E-state index contributed by atoms with van der Waals surface area (Å²) in [6.07, 6.45) is -4.85. The number of hydrogen-bond acceptors (Lipinski definition) is 4. The van der Waals surface area contributed by atoms with Gasteiger partial charge in [-0.25, -0.2) is 9.37 Å². The van der Waals surface area contributed by atoms with E-state index in [-0.39, 0.29) is 5.75 Å². The molecule has 0 unspecified atom stereocenters. The molecule has 0 atom stereocenters. The van der Waals surface area contributed by atoms with Gasteiger partial charge in [-0.05, 0) is 48.9 Å². The molecule has 0 amide bonds. The standard InChI is InChI=1S/C27H20F4N4O/c1-16-25-24(35(2)34-16)15-23(18-6-4-3-5-7-18)33-26(25)32-22-13-12-20(36-27(29,30)31)14-21(22)17-8-10-19(28)11-9-17/h3-15H,1-2H3,(H,32,33). The minimum Gasteiger partial charge on any atom is -0.406 e. The molecule has 0 bridgehead atoms. The summed E-state index contributed by atoms with van der Waals surface area (Å²) in [6.45, 7) is 1.86. The quantitative estimate of drug-likeness (QED) is 0.260. The lowest BCUT2D eigenvalue weighted by Crippen LogP contribution is -2.17. The number of nitrogens with one attached hydrogen (secondary N) is 1. The van der Waals surface area contributed by atoms with Crippen molar-refractivity contribution in [1.29, 1.82) is 0 Å². The van der Waals surface area contributed by atoms with Gasteiger partial charge in [0.15, 0.2) is 0 Å². The summed E-state index contributed by atoms with van der Waals surface area (Å²) in [5.41, 5.74) is 4.54. The topological polar surface area (TPSA) is 52.0 Å². The van der Waals surface area contributed by atoms with Crippen LogP contribution in [-0.4, -0.2) is 21.1 Å². The van der Waals surface area contributed by atoms with Crippen molar-refractivity contribution in [3.63, 3.8) is 0 Å². The van der Waals surface area contributed by atoms with Crippen LogP contribution in [0.3, 0.4) is 0 Å². The second-order valence-corrected chi connectivity index (χ2v) is 8.21. The molecule has 0 saturated heterocycles. The average molecular weight is 492 g/mol. The lowest BCUT2D eigenvalue weighted by molar-refractivity contribution is -0.274. The zero-order chi connectivity index (χ0) is 25.4. The number of rotatable bonds is 5. The van der Waals surface area contributed by atoms with Gasteiger partial charge in [0, 0.05) is 23.9 Å². The molecule has 1 N–H and O–H groups in total. The van der Waals surface area contributed by atoms with Crippen LogP contribution in [0, 0.1) is 12.7 Å². The van der Waals surface area contributed by atoms with Crippen LogP contribution in [0.2, 0.25) is 0 Å². The van der Waals surface area contributed by atoms with Gasteiger partial charge in [-0.3, -0.25) is 4.68 Å². The highest BCUT2D eigenvalue weighted by Crippen LogP contribution is 2.38. The van der Waals surface area contributed by atoms with Gasteiger partial charge in [-0.2, -0.15) is 5.10 Å². The average Bonchev–Trinajstić information content (AvgIpc) is 3.13. The van der Waals surface area contributed by atoms with E-state index in [4.69, 9.17) is 4.98 Å². The van der Waals surface area contributed by atoms with E-state index in [0.717, 1.165) is 22.2 Å². The first-order valence-corrected chi connectivity index (χ1v) is 11.0. The fraction of sp³-hybridized carbons (Fsp3) is 0.111. The summed E-state index contributed by atoms with van der Waals surface area (Å²) in [6, 6.07) is 21.0. The number of benzene rings is 3. The maximum atomic E-state index is 13.6. The van der Waals surface area contributed by atoms with Crippen LogP contribution in [0.4, 0.5) is 29.1 Å². The van der Waals surface area contributed by atoms with Crippen molar-refractivity contribution in [3.05, 3.63) is 90.4 Å². The van der Waals surface area contributed by atoms with Gasteiger partial charge in [0.25, 0.3) is 0 Å². The molecule has 182 valence electrons. The number of nitrogens with zero attached hydrogens (tertiary/aromatic N) is 3. The molecule has 5 nitrogen and oxygen atoms in total. The minimum atomic E-state index is -4.85. The summed E-state index contributed by atoms with van der Waals surface area (Å²) in [5, 5.41) is 8.59. The van der Waals surface area contributed by atoms with E-state index in [9.17, 15) is 17.6 Å². The Kier molecular flexibility index (Phi) is 5.83. The molecule has 2 heterocycles. The van der Waals surface area contributed by atoms with Crippen LogP contribution in [0.5, 0.6) is 5.75 Å². The molecule has 0 saturated carbocycles. The minimum absolute atomic E-state index is 0.387. The number of aromatic nitrogens is 3. The van der Waals surface area contributed by atoms with E-state index in [1.807, 2.05) is 50.4 Å². The van der Waals surface area contributed by atoms with Crippen molar-refractivity contribution < 1.29 is 22.3 Å². The Morgan fingerprint density at radius 1 is 0.889 bits per heavy atom. The van der Waals surface area contributed by atoms with Crippen molar-refractivity contribution in [1.82, 2.24) is 14.8 Å². The van der Waals surface area contributed by atoms with Gasteiger partial charge in [0.2, 0.25) is 0 Å². The Hall–Kier alpha value is -4.40. The van der Waals surface area contributed by atoms with Gasteiger partial charge >= 0.3 is 6.36 Å². The predicted molar refractivity (Wildman–Crippen MR) is 130 cm³/mol. The smallest absolute Gasteiger partial charge is 0.406 e. The fourth-order valence-electron chi connectivity index (χ4n) is 4.14. The highest BCUT2D eigenvalue weighted by Gasteiger charge is 2.31. The molecule has 5 rings (SSSR count). The molecule has 0 radical (unpaired) electrons. The summed E-state index contributed by atoms with van der Waals surface area (Å²) in [5.74, 6) is -0.355. The van der Waals surface area contributed by atoms with Crippen LogP contribution >= 0.6 is 0 Å². The number of halogens is 4. The molecule has 0 aliphatic heterocycles. The molecule has 0 fully saturated rings. The zero-order valence-electron chi connectivity index (χ0n) is 19.3. The zero-order valence-corrected chi connectivity index (χ0v) is 19.3. The van der Waals surface area contributed by atoms with Crippen molar-refractivity contribution in [3.8, 4) is 28.1 Å². The molecule has 3 aromatic carbocycles. The Morgan fingerprint density at radius 2 is 1.61 bits per heavy atom. The number of alkyl halides is 3. The van der Waals surface area contributed by atoms with Crippen LogP contribution in [0.15, 0.2) is 78.9 Å². The number of fused-ring (bicyclic) bond motifs is 1. The summed E-state index contributed by atoms with van der Waals surface area (Å²) < 4.78 is 58.1. The van der Waals surface area contributed by atoms with Crippen LogP contribution in [0.25, 0.3) is 33.3 Å². The van der Waals surface area contributed by atoms with Crippen molar-refractivity contribution >= 4 is 22.4 Å². The maximum Gasteiger partial charge on any atom is 0.573 e. The predicted octanol–water partition coefficient (Wildman–Crippen LogP) is 7.39. The lowest BCUT2D eigenvalue weighted by Gasteiger charge is -2.16. The van der Waals surface area contributed by atoms with Crippen LogP contribution < -0.4 is 10.1 Å². The second kappa shape index (κ2) is 8.99. The second-order valence-electron chi connectivity index (χ2n) is 8.21. The van der Waals surface area contributed by atoms with Gasteiger partial charge < -0.3 is 10.1 Å². The molecular weight excluding hydrogens is 472 g/mol. The van der Waals surface area contributed by atoms with Crippen molar-refractivity contribution in [2.24, 2.45) is 7.05 Å². The van der Waals surface area contributed by atoms with Crippen LogP contribution in [-0.2, 0) is 7.05 Å². The normalized spacial score (nSPS) is 11.6. The SMILES string of the molecule is Cc1nn(C)c2cc(-c3ccccc3)nc(Nc3ccc(OC(F)(F)F)cc3-c3ccc(F)cc3)c12. The largest absolute Gasteiger partial charge is 0.573 e. The first-order chi connectivity index (χ1) is 17.2. The van der Waals surface area contributed by atoms with E-state index in [2.05, 4.69) is 15.2 Å². The van der Waals surface area contributed by atoms with Gasteiger partial charge in [0.1, 0.15) is 17.4 Å². The molecular formula is C27H20F4N4O. The molecule has 0 spiro atoms.